The highest BCUT2D eigenvalue weighted by Gasteiger charge is 2.13. The average Bonchev–Trinajstić information content (AvgIpc) is 2.61. The third-order valence-corrected chi connectivity index (χ3v) is 4.34. The minimum atomic E-state index is -0.447. The van der Waals surface area contributed by atoms with Crippen LogP contribution >= 0.6 is 11.6 Å². The Morgan fingerprint density at radius 1 is 1.23 bits per heavy atom. The lowest BCUT2D eigenvalue weighted by molar-refractivity contribution is -0.123. The summed E-state index contributed by atoms with van der Waals surface area (Å²) in [6.45, 7) is 3.50. The van der Waals surface area contributed by atoms with Crippen LogP contribution in [0.2, 0.25) is 5.02 Å². The Morgan fingerprint density at radius 2 is 1.96 bits per heavy atom. The lowest BCUT2D eigenvalue weighted by Crippen LogP contribution is -2.31. The highest BCUT2D eigenvalue weighted by atomic mass is 35.5. The Bertz CT molecular complexity index is 998. The van der Waals surface area contributed by atoms with Gasteiger partial charge in [-0.25, -0.2) is 4.79 Å². The van der Waals surface area contributed by atoms with Gasteiger partial charge in [0.25, 0.3) is 5.91 Å². The Hall–Kier alpha value is -2.79. The van der Waals surface area contributed by atoms with Gasteiger partial charge in [-0.2, -0.15) is 0 Å². The van der Waals surface area contributed by atoms with Gasteiger partial charge in [-0.15, -0.1) is 0 Å². The maximum atomic E-state index is 12.1. The molecule has 2 aromatic carbocycles. The van der Waals surface area contributed by atoms with Gasteiger partial charge in [0.05, 0.1) is 11.1 Å². The highest BCUT2D eigenvalue weighted by Crippen LogP contribution is 2.31. The van der Waals surface area contributed by atoms with E-state index in [1.165, 1.54) is 12.1 Å². The first-order chi connectivity index (χ1) is 12.4. The summed E-state index contributed by atoms with van der Waals surface area (Å²) in [5.41, 5.74) is 1.69. The van der Waals surface area contributed by atoms with Crippen molar-refractivity contribution in [3.8, 4) is 5.75 Å². The van der Waals surface area contributed by atoms with Crippen molar-refractivity contribution in [3.63, 3.8) is 0 Å². The Balaban J connectivity index is 1.70. The van der Waals surface area contributed by atoms with Crippen molar-refractivity contribution in [3.05, 3.63) is 75.1 Å². The zero-order chi connectivity index (χ0) is 18.7. The second kappa shape index (κ2) is 7.62. The van der Waals surface area contributed by atoms with Crippen molar-refractivity contribution >= 4 is 28.5 Å². The number of carbonyl (C=O) groups excluding carboxylic acids is 1. The van der Waals surface area contributed by atoms with Gasteiger partial charge in [0, 0.05) is 17.5 Å². The van der Waals surface area contributed by atoms with Crippen LogP contribution in [-0.4, -0.2) is 12.5 Å². The standard InChI is InChI=1S/C20H18ClNO4/c1-12-8-20(24)26-17-10-18(16(21)9-15(12)17)25-11-19(23)22-13(2)14-6-4-3-5-7-14/h3-10,13H,11H2,1-2H3,(H,22,23)/t13-/m0/s1. The topological polar surface area (TPSA) is 68.5 Å². The zero-order valence-corrected chi connectivity index (χ0v) is 15.2. The Labute approximate surface area is 155 Å². The van der Waals surface area contributed by atoms with E-state index in [0.29, 0.717) is 10.6 Å². The van der Waals surface area contributed by atoms with E-state index < -0.39 is 5.63 Å². The minimum Gasteiger partial charge on any atom is -0.482 e. The predicted octanol–water partition coefficient (Wildman–Crippen LogP) is 4.01. The fourth-order valence-corrected chi connectivity index (χ4v) is 2.90. The summed E-state index contributed by atoms with van der Waals surface area (Å²) in [7, 11) is 0. The van der Waals surface area contributed by atoms with Gasteiger partial charge in [-0.05, 0) is 31.0 Å². The first-order valence-corrected chi connectivity index (χ1v) is 8.53. The molecule has 1 heterocycles. The molecule has 0 bridgehead atoms. The molecule has 0 radical (unpaired) electrons. The van der Waals surface area contributed by atoms with Crippen molar-refractivity contribution in [2.45, 2.75) is 19.9 Å². The van der Waals surface area contributed by atoms with Crippen molar-refractivity contribution < 1.29 is 13.9 Å². The first kappa shape index (κ1) is 18.0. The molecule has 6 heteroatoms. The van der Waals surface area contributed by atoms with Crippen LogP contribution in [0.5, 0.6) is 5.75 Å². The number of amides is 1. The molecule has 0 spiro atoms. The second-order valence-corrected chi connectivity index (χ2v) is 6.42. The minimum absolute atomic E-state index is 0.139. The van der Waals surface area contributed by atoms with Crippen molar-refractivity contribution in [2.75, 3.05) is 6.61 Å². The van der Waals surface area contributed by atoms with E-state index in [4.69, 9.17) is 20.8 Å². The van der Waals surface area contributed by atoms with E-state index >= 15 is 0 Å². The quantitative estimate of drug-likeness (QED) is 0.688. The first-order valence-electron chi connectivity index (χ1n) is 8.15. The summed E-state index contributed by atoms with van der Waals surface area (Å²) in [6, 6.07) is 14.1. The summed E-state index contributed by atoms with van der Waals surface area (Å²) in [6.07, 6.45) is 0. The third-order valence-electron chi connectivity index (χ3n) is 4.04. The van der Waals surface area contributed by atoms with Gasteiger partial charge >= 0.3 is 5.63 Å². The maximum absolute atomic E-state index is 12.1. The molecule has 0 unspecified atom stereocenters. The molecule has 26 heavy (non-hydrogen) atoms. The molecule has 3 rings (SSSR count). The van der Waals surface area contributed by atoms with Crippen LogP contribution in [0, 0.1) is 6.92 Å². The van der Waals surface area contributed by atoms with Crippen molar-refractivity contribution in [1.29, 1.82) is 0 Å². The van der Waals surface area contributed by atoms with Crippen LogP contribution in [0.15, 0.2) is 57.7 Å². The molecule has 0 saturated carbocycles. The number of nitrogens with one attached hydrogen (secondary N) is 1. The molecule has 1 aromatic heterocycles. The number of hydrogen-bond acceptors (Lipinski definition) is 4. The summed E-state index contributed by atoms with van der Waals surface area (Å²) in [4.78, 5) is 23.6. The number of rotatable bonds is 5. The molecule has 0 saturated heterocycles. The normalized spacial score (nSPS) is 12.0. The predicted molar refractivity (Wildman–Crippen MR) is 101 cm³/mol. The SMILES string of the molecule is Cc1cc(=O)oc2cc(OCC(=O)N[C@@H](C)c3ccccc3)c(Cl)cc12. The van der Waals surface area contributed by atoms with E-state index in [0.717, 1.165) is 16.5 Å². The number of ether oxygens (including phenoxy) is 1. The second-order valence-electron chi connectivity index (χ2n) is 6.02. The molecule has 1 N–H and O–H groups in total. The monoisotopic (exact) mass is 371 g/mol. The van der Waals surface area contributed by atoms with Gasteiger partial charge in [0.15, 0.2) is 6.61 Å². The van der Waals surface area contributed by atoms with Crippen molar-refractivity contribution in [1.82, 2.24) is 5.32 Å². The summed E-state index contributed by atoms with van der Waals surface area (Å²) >= 11 is 6.22. The van der Waals surface area contributed by atoms with Crippen LogP contribution in [0.25, 0.3) is 11.0 Å². The van der Waals surface area contributed by atoms with E-state index in [-0.39, 0.29) is 24.3 Å². The molecule has 5 nitrogen and oxygen atoms in total. The van der Waals surface area contributed by atoms with Gasteiger partial charge in [0.2, 0.25) is 0 Å². The lowest BCUT2D eigenvalue weighted by atomic mass is 10.1. The van der Waals surface area contributed by atoms with E-state index in [1.54, 1.807) is 13.0 Å². The number of fused-ring (bicyclic) bond motifs is 1. The number of halogens is 1. The van der Waals surface area contributed by atoms with E-state index in [1.807, 2.05) is 37.3 Å². The lowest BCUT2D eigenvalue weighted by Gasteiger charge is -2.15. The summed E-state index contributed by atoms with van der Waals surface area (Å²) in [5, 5.41) is 3.93. The Morgan fingerprint density at radius 3 is 2.69 bits per heavy atom. The molecule has 0 fully saturated rings. The molecule has 1 atom stereocenters. The fourth-order valence-electron chi connectivity index (χ4n) is 2.68. The number of aryl methyl sites for hydroxylation is 1. The number of carbonyl (C=O) groups is 1. The van der Waals surface area contributed by atoms with Crippen molar-refractivity contribution in [2.24, 2.45) is 0 Å². The molecule has 0 aliphatic heterocycles. The third kappa shape index (κ3) is 4.06. The van der Waals surface area contributed by atoms with Crippen LogP contribution in [0.3, 0.4) is 0 Å². The average molecular weight is 372 g/mol. The van der Waals surface area contributed by atoms with E-state index in [2.05, 4.69) is 5.32 Å². The van der Waals surface area contributed by atoms with Gasteiger partial charge in [-0.3, -0.25) is 4.79 Å². The zero-order valence-electron chi connectivity index (χ0n) is 14.4. The fraction of sp³-hybridized carbons (Fsp3) is 0.200. The molecular weight excluding hydrogens is 354 g/mol. The van der Waals surface area contributed by atoms with Crippen LogP contribution in [0.1, 0.15) is 24.1 Å². The number of benzene rings is 2. The molecule has 1 amide bonds. The maximum Gasteiger partial charge on any atom is 0.336 e. The molecular formula is C20H18ClNO4. The van der Waals surface area contributed by atoms with Gasteiger partial charge in [-0.1, -0.05) is 41.9 Å². The largest absolute Gasteiger partial charge is 0.482 e. The van der Waals surface area contributed by atoms with E-state index in [9.17, 15) is 9.59 Å². The summed E-state index contributed by atoms with van der Waals surface area (Å²) in [5.74, 6) is 0.0126. The molecule has 0 aliphatic carbocycles. The molecule has 0 aliphatic rings. The van der Waals surface area contributed by atoms with Crippen LogP contribution < -0.4 is 15.7 Å². The smallest absolute Gasteiger partial charge is 0.336 e. The van der Waals surface area contributed by atoms with Gasteiger partial charge < -0.3 is 14.5 Å². The summed E-state index contributed by atoms with van der Waals surface area (Å²) < 4.78 is 10.7. The highest BCUT2D eigenvalue weighted by molar-refractivity contribution is 6.32. The van der Waals surface area contributed by atoms with Gasteiger partial charge in [0.1, 0.15) is 11.3 Å². The van der Waals surface area contributed by atoms with Crippen LogP contribution in [0.4, 0.5) is 0 Å². The number of hydrogen-bond donors (Lipinski definition) is 1. The van der Waals surface area contributed by atoms with Crippen LogP contribution in [-0.2, 0) is 4.79 Å². The Kier molecular flexibility index (Phi) is 5.28. The molecule has 134 valence electrons. The molecule has 3 aromatic rings.